The Balaban J connectivity index is 2.21. The van der Waals surface area contributed by atoms with Gasteiger partial charge in [-0.25, -0.2) is 4.98 Å². The summed E-state index contributed by atoms with van der Waals surface area (Å²) in [6.07, 6.45) is -1.33. The van der Waals surface area contributed by atoms with Crippen LogP contribution in [0.1, 0.15) is 18.4 Å². The molecule has 1 atom stereocenters. The summed E-state index contributed by atoms with van der Waals surface area (Å²) in [5, 5.41) is 0. The highest BCUT2D eigenvalue weighted by Crippen LogP contribution is 2.31. The molecule has 0 amide bonds. The van der Waals surface area contributed by atoms with Crippen LogP contribution in [0.2, 0.25) is 0 Å². The first-order chi connectivity index (χ1) is 7.97. The van der Waals surface area contributed by atoms with Crippen LogP contribution in [0.5, 0.6) is 0 Å². The van der Waals surface area contributed by atoms with Crippen molar-refractivity contribution in [2.75, 3.05) is 18.0 Å². The van der Waals surface area contributed by atoms with Gasteiger partial charge in [-0.2, -0.15) is 13.2 Å². The lowest BCUT2D eigenvalue weighted by Crippen LogP contribution is -2.43. The number of hydrogen-bond donors (Lipinski definition) is 1. The van der Waals surface area contributed by atoms with E-state index < -0.39 is 11.7 Å². The van der Waals surface area contributed by atoms with Gasteiger partial charge in [0.15, 0.2) is 0 Å². The highest BCUT2D eigenvalue weighted by molar-refractivity contribution is 5.42. The molecule has 0 unspecified atom stereocenters. The van der Waals surface area contributed by atoms with Crippen molar-refractivity contribution in [3.8, 4) is 0 Å². The van der Waals surface area contributed by atoms with Crippen molar-refractivity contribution in [2.24, 2.45) is 5.73 Å². The Morgan fingerprint density at radius 1 is 1.41 bits per heavy atom. The van der Waals surface area contributed by atoms with Crippen LogP contribution in [0.4, 0.5) is 19.0 Å². The third-order valence-corrected chi connectivity index (χ3v) is 2.85. The molecular formula is C11H14F3N3. The molecule has 0 aliphatic carbocycles. The first-order valence-corrected chi connectivity index (χ1v) is 5.50. The van der Waals surface area contributed by atoms with E-state index in [0.717, 1.165) is 25.0 Å². The van der Waals surface area contributed by atoms with Crippen molar-refractivity contribution >= 4 is 5.82 Å². The number of rotatable bonds is 1. The third-order valence-electron chi connectivity index (χ3n) is 2.85. The van der Waals surface area contributed by atoms with Gasteiger partial charge in [-0.1, -0.05) is 0 Å². The van der Waals surface area contributed by atoms with Crippen LogP contribution in [0.3, 0.4) is 0 Å². The lowest BCUT2D eigenvalue weighted by atomic mass is 10.1. The fourth-order valence-corrected chi connectivity index (χ4v) is 1.99. The van der Waals surface area contributed by atoms with Gasteiger partial charge in [0.2, 0.25) is 0 Å². The van der Waals surface area contributed by atoms with E-state index in [1.165, 1.54) is 6.20 Å². The molecule has 17 heavy (non-hydrogen) atoms. The first kappa shape index (κ1) is 12.2. The minimum atomic E-state index is -4.32. The number of nitrogens with two attached hydrogens (primary N) is 1. The molecule has 0 radical (unpaired) electrons. The Morgan fingerprint density at radius 2 is 2.18 bits per heavy atom. The van der Waals surface area contributed by atoms with Crippen molar-refractivity contribution in [1.29, 1.82) is 0 Å². The van der Waals surface area contributed by atoms with E-state index in [1.807, 2.05) is 4.90 Å². The zero-order valence-electron chi connectivity index (χ0n) is 9.24. The van der Waals surface area contributed by atoms with Crippen LogP contribution in [0.25, 0.3) is 0 Å². The zero-order valence-corrected chi connectivity index (χ0v) is 9.24. The van der Waals surface area contributed by atoms with E-state index in [1.54, 1.807) is 0 Å². The van der Waals surface area contributed by atoms with Crippen LogP contribution in [0, 0.1) is 0 Å². The van der Waals surface area contributed by atoms with Gasteiger partial charge >= 0.3 is 6.18 Å². The summed E-state index contributed by atoms with van der Waals surface area (Å²) in [4.78, 5) is 5.79. The molecule has 0 bridgehead atoms. The number of piperidine rings is 1. The second kappa shape index (κ2) is 4.52. The average Bonchev–Trinajstić information content (AvgIpc) is 2.28. The molecule has 2 N–H and O–H groups in total. The predicted octanol–water partition coefficient (Wildman–Crippen LogP) is 2.03. The molecule has 0 aromatic carbocycles. The van der Waals surface area contributed by atoms with Crippen LogP contribution in [-0.2, 0) is 6.18 Å². The maximum absolute atomic E-state index is 12.5. The molecular weight excluding hydrogens is 231 g/mol. The molecule has 2 rings (SSSR count). The number of hydrogen-bond acceptors (Lipinski definition) is 3. The van der Waals surface area contributed by atoms with E-state index in [0.29, 0.717) is 18.9 Å². The summed E-state index contributed by atoms with van der Waals surface area (Å²) in [6, 6.07) is 2.07. The average molecular weight is 245 g/mol. The van der Waals surface area contributed by atoms with Gasteiger partial charge in [-0.05, 0) is 25.0 Å². The van der Waals surface area contributed by atoms with Gasteiger partial charge in [-0.3, -0.25) is 0 Å². The van der Waals surface area contributed by atoms with Gasteiger partial charge in [-0.15, -0.1) is 0 Å². The van der Waals surface area contributed by atoms with Crippen LogP contribution in [-0.4, -0.2) is 24.1 Å². The number of nitrogens with zero attached hydrogens (tertiary/aromatic N) is 2. The van der Waals surface area contributed by atoms with E-state index in [2.05, 4.69) is 4.98 Å². The fraction of sp³-hybridized carbons (Fsp3) is 0.545. The molecule has 1 fully saturated rings. The summed E-state index contributed by atoms with van der Waals surface area (Å²) in [5.41, 5.74) is 5.13. The molecule has 1 aromatic heterocycles. The van der Waals surface area contributed by atoms with E-state index in [9.17, 15) is 13.2 Å². The SMILES string of the molecule is N[C@H]1CCCN(c2cc(C(F)(F)F)ccn2)C1. The van der Waals surface area contributed by atoms with Gasteiger partial charge < -0.3 is 10.6 Å². The lowest BCUT2D eigenvalue weighted by molar-refractivity contribution is -0.137. The summed E-state index contributed by atoms with van der Waals surface area (Å²) < 4.78 is 37.6. The molecule has 0 spiro atoms. The number of halogens is 3. The highest BCUT2D eigenvalue weighted by atomic mass is 19.4. The number of aromatic nitrogens is 1. The molecule has 1 aliphatic rings. The number of anilines is 1. The van der Waals surface area contributed by atoms with Crippen molar-refractivity contribution in [2.45, 2.75) is 25.1 Å². The van der Waals surface area contributed by atoms with Gasteiger partial charge in [0.05, 0.1) is 5.56 Å². The van der Waals surface area contributed by atoms with Crippen molar-refractivity contribution in [3.63, 3.8) is 0 Å². The van der Waals surface area contributed by atoms with Crippen LogP contribution < -0.4 is 10.6 Å². The van der Waals surface area contributed by atoms with E-state index in [-0.39, 0.29) is 6.04 Å². The molecule has 1 aliphatic heterocycles. The Kier molecular flexibility index (Phi) is 3.24. The summed E-state index contributed by atoms with van der Waals surface area (Å²) in [5.74, 6) is 0.356. The Bertz CT molecular complexity index is 392. The van der Waals surface area contributed by atoms with E-state index >= 15 is 0 Å². The molecule has 3 nitrogen and oxygen atoms in total. The maximum Gasteiger partial charge on any atom is 0.416 e. The summed E-state index contributed by atoms with van der Waals surface area (Å²) >= 11 is 0. The molecule has 1 saturated heterocycles. The normalized spacial score (nSPS) is 21.6. The molecule has 1 aromatic rings. The van der Waals surface area contributed by atoms with E-state index in [4.69, 9.17) is 5.73 Å². The molecule has 6 heteroatoms. The minimum Gasteiger partial charge on any atom is -0.355 e. The topological polar surface area (TPSA) is 42.1 Å². The lowest BCUT2D eigenvalue weighted by Gasteiger charge is -2.31. The van der Waals surface area contributed by atoms with Gasteiger partial charge in [0.25, 0.3) is 0 Å². The Hall–Kier alpha value is -1.30. The monoisotopic (exact) mass is 245 g/mol. The Labute approximate surface area is 97.4 Å². The minimum absolute atomic E-state index is 0.0140. The highest BCUT2D eigenvalue weighted by Gasteiger charge is 2.31. The molecule has 94 valence electrons. The summed E-state index contributed by atoms with van der Waals surface area (Å²) in [7, 11) is 0. The van der Waals surface area contributed by atoms with Crippen LogP contribution in [0.15, 0.2) is 18.3 Å². The largest absolute Gasteiger partial charge is 0.416 e. The van der Waals surface area contributed by atoms with Gasteiger partial charge in [0.1, 0.15) is 5.82 Å². The first-order valence-electron chi connectivity index (χ1n) is 5.50. The van der Waals surface area contributed by atoms with Crippen LogP contribution >= 0.6 is 0 Å². The predicted molar refractivity (Wildman–Crippen MR) is 58.7 cm³/mol. The fourth-order valence-electron chi connectivity index (χ4n) is 1.99. The second-order valence-electron chi connectivity index (χ2n) is 4.25. The second-order valence-corrected chi connectivity index (χ2v) is 4.25. The quantitative estimate of drug-likeness (QED) is 0.823. The molecule has 0 saturated carbocycles. The molecule has 2 heterocycles. The van der Waals surface area contributed by atoms with Crippen molar-refractivity contribution in [1.82, 2.24) is 4.98 Å². The zero-order chi connectivity index (χ0) is 12.5. The summed E-state index contributed by atoms with van der Waals surface area (Å²) in [6.45, 7) is 1.27. The smallest absolute Gasteiger partial charge is 0.355 e. The van der Waals surface area contributed by atoms with Crippen molar-refractivity contribution in [3.05, 3.63) is 23.9 Å². The third kappa shape index (κ3) is 2.88. The van der Waals surface area contributed by atoms with Gasteiger partial charge in [0, 0.05) is 25.3 Å². The standard InChI is InChI=1S/C11H14F3N3/c12-11(13,14)8-3-4-16-10(6-8)17-5-1-2-9(15)7-17/h3-4,6,9H,1-2,5,7,15H2/t9-/m0/s1. The number of pyridine rings is 1. The number of alkyl halides is 3. The maximum atomic E-state index is 12.5. The van der Waals surface area contributed by atoms with Crippen molar-refractivity contribution < 1.29 is 13.2 Å². The Morgan fingerprint density at radius 3 is 2.82 bits per heavy atom.